The largest absolute Gasteiger partial charge is 3.00 e. The van der Waals surface area contributed by atoms with Gasteiger partial charge in [0.2, 0.25) is 0 Å². The van der Waals surface area contributed by atoms with Crippen molar-refractivity contribution in [3.05, 3.63) is 29.6 Å². The van der Waals surface area contributed by atoms with Crippen LogP contribution in [0.15, 0.2) is 18.2 Å². The molecule has 1 aliphatic rings. The molecule has 2 heterocycles. The Bertz CT molecular complexity index is 1120. The Morgan fingerprint density at radius 1 is 0.721 bits per heavy atom. The van der Waals surface area contributed by atoms with Gasteiger partial charge >= 0.3 is 69.8 Å². The van der Waals surface area contributed by atoms with Crippen LogP contribution in [0.2, 0.25) is 0 Å². The van der Waals surface area contributed by atoms with Crippen LogP contribution in [0.1, 0.15) is 43.5 Å². The van der Waals surface area contributed by atoms with Gasteiger partial charge in [-0.3, -0.25) is 48.5 Å². The van der Waals surface area contributed by atoms with Crippen LogP contribution < -0.4 is 0 Å². The number of hydrogen-bond acceptors (Lipinski definition) is 11. The van der Waals surface area contributed by atoms with E-state index in [2.05, 4.69) is 4.98 Å². The Morgan fingerprint density at radius 2 is 1.12 bits per heavy atom. The molecule has 1 aromatic heterocycles. The van der Waals surface area contributed by atoms with E-state index in [1.165, 1.54) is 9.80 Å². The Hall–Kier alpha value is -2.83. The molecule has 0 saturated carbocycles. The van der Waals surface area contributed by atoms with Gasteiger partial charge < -0.3 is 30.3 Å². The van der Waals surface area contributed by atoms with Gasteiger partial charge in [-0.15, -0.1) is 0 Å². The second-order valence-corrected chi connectivity index (χ2v) is 9.78. The third-order valence-corrected chi connectivity index (χ3v) is 6.96. The van der Waals surface area contributed by atoms with Crippen LogP contribution >= 0.6 is 0 Å². The number of fused-ring (bicyclic) bond motifs is 2. The van der Waals surface area contributed by atoms with E-state index in [0.717, 1.165) is 0 Å². The zero-order chi connectivity index (χ0) is 31.2. The maximum atomic E-state index is 12.2. The van der Waals surface area contributed by atoms with E-state index in [1.807, 2.05) is 0 Å². The van der Waals surface area contributed by atoms with Crippen LogP contribution in [-0.2, 0) is 46.6 Å². The summed E-state index contributed by atoms with van der Waals surface area (Å²) < 4.78 is 4.70. The van der Waals surface area contributed by atoms with Gasteiger partial charge in [0.15, 0.2) is 0 Å². The molecule has 1 aromatic rings. The third kappa shape index (κ3) is 13.1. The number of pyridine rings is 1. The third-order valence-electron chi connectivity index (χ3n) is 6.96. The molecule has 237 valence electrons. The first-order valence-electron chi connectivity index (χ1n) is 13.3. The van der Waals surface area contributed by atoms with E-state index < -0.39 is 60.8 Å². The van der Waals surface area contributed by atoms with E-state index in [-0.39, 0.29) is 112 Å². The molecule has 1 aliphatic heterocycles. The molecule has 0 aromatic carbocycles. The van der Waals surface area contributed by atoms with E-state index in [0.29, 0.717) is 11.4 Å². The molecule has 43 heavy (non-hydrogen) atoms. The van der Waals surface area contributed by atoms with Gasteiger partial charge in [-0.2, -0.15) is 0 Å². The average Bonchev–Trinajstić information content (AvgIpc) is 2.90. The van der Waals surface area contributed by atoms with Gasteiger partial charge in [-0.1, -0.05) is 6.07 Å². The van der Waals surface area contributed by atoms with Crippen molar-refractivity contribution >= 4 is 36.3 Å². The fourth-order valence-electron chi connectivity index (χ4n) is 4.88. The fourth-order valence-corrected chi connectivity index (χ4v) is 4.88. The number of carbonyl (C=O) groups is 6. The topological polar surface area (TPSA) is 235 Å². The Morgan fingerprint density at radius 3 is 1.51 bits per heavy atom. The molecular weight excluding hydrogens is 718 g/mol. The minimum atomic E-state index is -1.30. The number of aromatic nitrogens is 1. The number of carbonyl (C=O) groups excluding carboxylic acids is 1. The number of aliphatic carboxylic acids is 5. The molecular formula is C26H36GdN4O12+3. The van der Waals surface area contributed by atoms with Crippen LogP contribution in [0.5, 0.6) is 0 Å². The van der Waals surface area contributed by atoms with Gasteiger partial charge in [0, 0.05) is 58.5 Å². The Kier molecular flexibility index (Phi) is 17.3. The van der Waals surface area contributed by atoms with Crippen LogP contribution in [0, 0.1) is 39.9 Å². The standard InChI is InChI=1S/C26H36N4O12.Gd/c31-16-42-13-8-21(26(40)41)30-12-10-28(19(24(36)37)4-6-22(32)33)9-11-29(20(25(38)39)5-7-23(34)35)14-17-2-1-3-18(15-30)27-17;/h1-3,16,19-21H,4-15H2,(H,32,33)(H,34,35)(H,36,37)(H,38,39)(H,40,41);/q;+3/t19-,20-,21-;/m1./s1. The first-order valence-corrected chi connectivity index (χ1v) is 13.3. The first-order chi connectivity index (χ1) is 19.9. The van der Waals surface area contributed by atoms with Gasteiger partial charge in [0.05, 0.1) is 18.0 Å². The number of carboxylic acids is 5. The molecule has 16 nitrogen and oxygen atoms in total. The normalized spacial score (nSPS) is 17.1. The predicted octanol–water partition coefficient (Wildman–Crippen LogP) is -0.346. The predicted molar refractivity (Wildman–Crippen MR) is 141 cm³/mol. The summed E-state index contributed by atoms with van der Waals surface area (Å²) >= 11 is 0. The average molecular weight is 754 g/mol. The molecule has 2 rings (SSSR count). The molecule has 2 bridgehead atoms. The molecule has 17 heteroatoms. The summed E-state index contributed by atoms with van der Waals surface area (Å²) in [6, 6.07) is 1.32. The van der Waals surface area contributed by atoms with Crippen molar-refractivity contribution in [2.24, 2.45) is 0 Å². The van der Waals surface area contributed by atoms with E-state index in [9.17, 15) is 49.2 Å². The summed E-state index contributed by atoms with van der Waals surface area (Å²) in [6.45, 7) is -0.102. The molecule has 1 radical (unpaired) electrons. The monoisotopic (exact) mass is 754 g/mol. The summed E-state index contributed by atoms with van der Waals surface area (Å²) in [4.78, 5) is 78.8. The van der Waals surface area contributed by atoms with Gasteiger partial charge in [0.1, 0.15) is 18.1 Å². The maximum absolute atomic E-state index is 12.2. The molecule has 0 aliphatic carbocycles. The molecule has 5 N–H and O–H groups in total. The maximum Gasteiger partial charge on any atom is 3.00 e. The summed E-state index contributed by atoms with van der Waals surface area (Å²) in [5, 5.41) is 48.2. The van der Waals surface area contributed by atoms with E-state index in [1.54, 1.807) is 23.1 Å². The number of rotatable bonds is 16. The minimum absolute atomic E-state index is 0. The zero-order valence-corrected chi connectivity index (χ0v) is 25.5. The van der Waals surface area contributed by atoms with Crippen molar-refractivity contribution in [2.45, 2.75) is 63.3 Å². The smallest absolute Gasteiger partial charge is 0.481 e. The second kappa shape index (κ2) is 19.5. The summed E-state index contributed by atoms with van der Waals surface area (Å²) in [7, 11) is 0. The van der Waals surface area contributed by atoms with E-state index >= 15 is 0 Å². The number of hydrogen-bond donors (Lipinski definition) is 5. The van der Waals surface area contributed by atoms with Crippen molar-refractivity contribution in [1.29, 1.82) is 0 Å². The molecule has 0 amide bonds. The van der Waals surface area contributed by atoms with Crippen molar-refractivity contribution in [2.75, 3.05) is 32.8 Å². The molecule has 0 fully saturated rings. The first kappa shape index (κ1) is 38.2. The van der Waals surface area contributed by atoms with Crippen LogP contribution in [0.25, 0.3) is 0 Å². The van der Waals surface area contributed by atoms with Gasteiger partial charge in [0.25, 0.3) is 6.47 Å². The number of ether oxygens (including phenoxy) is 1. The molecule has 0 unspecified atom stereocenters. The van der Waals surface area contributed by atoms with Gasteiger partial charge in [-0.05, 0) is 25.0 Å². The second-order valence-electron chi connectivity index (χ2n) is 9.78. The van der Waals surface area contributed by atoms with Crippen molar-refractivity contribution in [3.8, 4) is 0 Å². The zero-order valence-electron chi connectivity index (χ0n) is 23.3. The summed E-state index contributed by atoms with van der Waals surface area (Å²) in [6.07, 6.45) is -1.41. The molecule has 0 spiro atoms. The van der Waals surface area contributed by atoms with Gasteiger partial charge in [-0.25, -0.2) is 0 Å². The molecule has 3 atom stereocenters. The number of carboxylic acid groups (broad SMARTS) is 5. The SMILES string of the molecule is O=COCC[C@H](C(=O)O)N1CCN([C@H](CCC(=O)O)C(=O)O)CCN([C@H](CCC(=O)O)C(=O)O)Cc2cccc(n2)C1.[Gd+3]. The minimum Gasteiger partial charge on any atom is -0.481 e. The Balaban J connectivity index is 0.00000924. The van der Waals surface area contributed by atoms with E-state index in [4.69, 9.17) is 9.84 Å². The van der Waals surface area contributed by atoms with Crippen LogP contribution in [0.4, 0.5) is 0 Å². The van der Waals surface area contributed by atoms with Crippen LogP contribution in [0.3, 0.4) is 0 Å². The summed E-state index contributed by atoms with van der Waals surface area (Å²) in [5.41, 5.74) is 0.873. The molecule has 0 saturated heterocycles. The van der Waals surface area contributed by atoms with Crippen molar-refractivity contribution < 1.29 is 99.0 Å². The van der Waals surface area contributed by atoms with Crippen LogP contribution in [-0.4, -0.2) is 132 Å². The quantitative estimate of drug-likeness (QED) is 0.107. The Labute approximate surface area is 279 Å². The van der Waals surface area contributed by atoms with Crippen molar-refractivity contribution in [3.63, 3.8) is 0 Å². The number of nitrogens with zero attached hydrogens (tertiary/aromatic N) is 4. The van der Waals surface area contributed by atoms with Crippen molar-refractivity contribution in [1.82, 2.24) is 19.7 Å². The fraction of sp³-hybridized carbons (Fsp3) is 0.577. The summed E-state index contributed by atoms with van der Waals surface area (Å²) in [5.74, 6) is -6.15.